The molecule has 0 atom stereocenters. The molecule has 1 aromatic carbocycles. The van der Waals surface area contributed by atoms with Gasteiger partial charge in [-0.2, -0.15) is 5.10 Å². The zero-order chi connectivity index (χ0) is 16.5. The van der Waals surface area contributed by atoms with Gasteiger partial charge in [-0.05, 0) is 30.7 Å². The largest absolute Gasteiger partial charge is 0.312 e. The standard InChI is InChI=1S/C19H19ClN4/c1-13-4-3-8-22-17(13)12-24-18-7-9-21-11-16(18)19(23-24)14-5-2-6-15(20)10-14/h2-6,8,10,21H,7,9,11-12H2,1H3. The van der Waals surface area contributed by atoms with E-state index in [1.54, 1.807) is 0 Å². The van der Waals surface area contributed by atoms with Crippen molar-refractivity contribution in [2.24, 2.45) is 0 Å². The van der Waals surface area contributed by atoms with E-state index in [9.17, 15) is 0 Å². The van der Waals surface area contributed by atoms with Crippen molar-refractivity contribution < 1.29 is 0 Å². The molecule has 0 aliphatic carbocycles. The Morgan fingerprint density at radius 1 is 1.25 bits per heavy atom. The minimum Gasteiger partial charge on any atom is -0.312 e. The van der Waals surface area contributed by atoms with Gasteiger partial charge in [-0.1, -0.05) is 29.8 Å². The van der Waals surface area contributed by atoms with E-state index in [1.165, 1.54) is 16.8 Å². The van der Waals surface area contributed by atoms with Crippen molar-refractivity contribution in [1.29, 1.82) is 0 Å². The number of nitrogens with one attached hydrogen (secondary N) is 1. The maximum atomic E-state index is 6.18. The average molecular weight is 339 g/mol. The first-order valence-electron chi connectivity index (χ1n) is 8.18. The van der Waals surface area contributed by atoms with Gasteiger partial charge in [0.15, 0.2) is 0 Å². The third-order valence-electron chi connectivity index (χ3n) is 4.52. The van der Waals surface area contributed by atoms with Gasteiger partial charge in [-0.25, -0.2) is 0 Å². The predicted molar refractivity (Wildman–Crippen MR) is 96.2 cm³/mol. The number of hydrogen-bond donors (Lipinski definition) is 1. The smallest absolute Gasteiger partial charge is 0.0971 e. The highest BCUT2D eigenvalue weighted by atomic mass is 35.5. The Bertz CT molecular complexity index is 885. The van der Waals surface area contributed by atoms with E-state index in [1.807, 2.05) is 30.5 Å². The predicted octanol–water partition coefficient (Wildman–Crippen LogP) is 3.60. The summed E-state index contributed by atoms with van der Waals surface area (Å²) in [4.78, 5) is 4.52. The number of fused-ring (bicyclic) bond motifs is 1. The van der Waals surface area contributed by atoms with Crippen LogP contribution < -0.4 is 5.32 Å². The maximum Gasteiger partial charge on any atom is 0.0971 e. The lowest BCUT2D eigenvalue weighted by Crippen LogP contribution is -2.25. The molecule has 0 spiro atoms. The molecule has 4 rings (SSSR count). The van der Waals surface area contributed by atoms with E-state index in [4.69, 9.17) is 16.7 Å². The number of benzene rings is 1. The summed E-state index contributed by atoms with van der Waals surface area (Å²) in [7, 11) is 0. The number of pyridine rings is 1. The molecule has 4 nitrogen and oxygen atoms in total. The molecule has 122 valence electrons. The van der Waals surface area contributed by atoms with E-state index in [0.29, 0.717) is 6.54 Å². The van der Waals surface area contributed by atoms with Crippen LogP contribution in [0, 0.1) is 6.92 Å². The molecule has 24 heavy (non-hydrogen) atoms. The van der Waals surface area contributed by atoms with Crippen LogP contribution in [0.25, 0.3) is 11.3 Å². The minimum atomic E-state index is 0.704. The van der Waals surface area contributed by atoms with Crippen molar-refractivity contribution >= 4 is 11.6 Å². The Balaban J connectivity index is 1.79. The molecule has 1 aliphatic rings. The van der Waals surface area contributed by atoms with Crippen LogP contribution in [0.3, 0.4) is 0 Å². The van der Waals surface area contributed by atoms with Crippen LogP contribution in [0.5, 0.6) is 0 Å². The number of nitrogens with zero attached hydrogens (tertiary/aromatic N) is 3. The lowest BCUT2D eigenvalue weighted by Gasteiger charge is -2.16. The van der Waals surface area contributed by atoms with Crippen LogP contribution >= 0.6 is 11.6 Å². The maximum absolute atomic E-state index is 6.18. The summed E-state index contributed by atoms with van der Waals surface area (Å²) in [5, 5.41) is 9.11. The molecular weight excluding hydrogens is 320 g/mol. The molecule has 0 fully saturated rings. The third-order valence-corrected chi connectivity index (χ3v) is 4.76. The van der Waals surface area contributed by atoms with Gasteiger partial charge >= 0.3 is 0 Å². The molecular formula is C19H19ClN4. The van der Waals surface area contributed by atoms with Crippen molar-refractivity contribution in [3.63, 3.8) is 0 Å². The average Bonchev–Trinajstić information content (AvgIpc) is 2.96. The van der Waals surface area contributed by atoms with E-state index in [2.05, 4.69) is 34.0 Å². The summed E-state index contributed by atoms with van der Waals surface area (Å²) < 4.78 is 2.11. The molecule has 0 saturated heterocycles. The molecule has 0 radical (unpaired) electrons. The van der Waals surface area contributed by atoms with Gasteiger partial charge in [0.25, 0.3) is 0 Å². The summed E-state index contributed by atoms with van der Waals surface area (Å²) in [6.07, 6.45) is 2.83. The molecule has 0 unspecified atom stereocenters. The van der Waals surface area contributed by atoms with Gasteiger partial charge in [-0.3, -0.25) is 9.67 Å². The van der Waals surface area contributed by atoms with Gasteiger partial charge in [0.05, 0.1) is 17.9 Å². The van der Waals surface area contributed by atoms with E-state index >= 15 is 0 Å². The van der Waals surface area contributed by atoms with E-state index < -0.39 is 0 Å². The summed E-state index contributed by atoms with van der Waals surface area (Å²) in [6, 6.07) is 12.0. The fourth-order valence-electron chi connectivity index (χ4n) is 3.24. The zero-order valence-corrected chi connectivity index (χ0v) is 14.3. The molecule has 3 heterocycles. The quantitative estimate of drug-likeness (QED) is 0.793. The van der Waals surface area contributed by atoms with Gasteiger partial charge in [0, 0.05) is 47.6 Å². The second kappa shape index (κ2) is 6.38. The molecule has 0 amide bonds. The highest BCUT2D eigenvalue weighted by molar-refractivity contribution is 6.30. The number of aromatic nitrogens is 3. The van der Waals surface area contributed by atoms with Crippen LogP contribution in [-0.2, 0) is 19.5 Å². The van der Waals surface area contributed by atoms with Crippen LogP contribution in [0.4, 0.5) is 0 Å². The molecule has 1 aliphatic heterocycles. The Labute approximate surface area is 146 Å². The number of halogens is 1. The highest BCUT2D eigenvalue weighted by Gasteiger charge is 2.22. The fraction of sp³-hybridized carbons (Fsp3) is 0.263. The summed E-state index contributed by atoms with van der Waals surface area (Å²) >= 11 is 6.18. The van der Waals surface area contributed by atoms with Gasteiger partial charge in [0.2, 0.25) is 0 Å². The molecule has 0 saturated carbocycles. The first-order valence-corrected chi connectivity index (χ1v) is 8.56. The lowest BCUT2D eigenvalue weighted by atomic mass is 10.0. The normalized spacial score (nSPS) is 13.8. The number of rotatable bonds is 3. The monoisotopic (exact) mass is 338 g/mol. The first kappa shape index (κ1) is 15.4. The SMILES string of the molecule is Cc1cccnc1Cn1nc(-c2cccc(Cl)c2)c2c1CCNC2. The second-order valence-corrected chi connectivity index (χ2v) is 6.57. The lowest BCUT2D eigenvalue weighted by molar-refractivity contribution is 0.577. The van der Waals surface area contributed by atoms with Gasteiger partial charge in [-0.15, -0.1) is 0 Å². The second-order valence-electron chi connectivity index (χ2n) is 6.14. The zero-order valence-electron chi connectivity index (χ0n) is 13.6. The molecule has 3 aromatic rings. The van der Waals surface area contributed by atoms with Gasteiger partial charge < -0.3 is 5.32 Å². The van der Waals surface area contributed by atoms with E-state index in [0.717, 1.165) is 41.5 Å². The highest BCUT2D eigenvalue weighted by Crippen LogP contribution is 2.29. The molecule has 2 aromatic heterocycles. The number of hydrogen-bond acceptors (Lipinski definition) is 3. The van der Waals surface area contributed by atoms with Crippen molar-refractivity contribution in [3.8, 4) is 11.3 Å². The Kier molecular flexibility index (Phi) is 4.08. The summed E-state index contributed by atoms with van der Waals surface area (Å²) in [6.45, 7) is 4.63. The van der Waals surface area contributed by atoms with Crippen LogP contribution in [0.1, 0.15) is 22.5 Å². The molecule has 5 heteroatoms. The summed E-state index contributed by atoms with van der Waals surface area (Å²) in [5.41, 5.74) is 6.93. The third kappa shape index (κ3) is 2.83. The Morgan fingerprint density at radius 2 is 2.17 bits per heavy atom. The molecule has 1 N–H and O–H groups in total. The van der Waals surface area contributed by atoms with Crippen molar-refractivity contribution in [1.82, 2.24) is 20.1 Å². The van der Waals surface area contributed by atoms with Crippen molar-refractivity contribution in [3.05, 3.63) is 70.1 Å². The summed E-state index contributed by atoms with van der Waals surface area (Å²) in [5.74, 6) is 0. The van der Waals surface area contributed by atoms with Crippen LogP contribution in [0.15, 0.2) is 42.6 Å². The minimum absolute atomic E-state index is 0.704. The van der Waals surface area contributed by atoms with Crippen LogP contribution in [0.2, 0.25) is 5.02 Å². The fourth-order valence-corrected chi connectivity index (χ4v) is 3.43. The topological polar surface area (TPSA) is 42.7 Å². The Morgan fingerprint density at radius 3 is 3.00 bits per heavy atom. The van der Waals surface area contributed by atoms with Crippen molar-refractivity contribution in [2.45, 2.75) is 26.4 Å². The van der Waals surface area contributed by atoms with Crippen molar-refractivity contribution in [2.75, 3.05) is 6.54 Å². The Hall–Kier alpha value is -2.17. The first-order chi connectivity index (χ1) is 11.7. The van der Waals surface area contributed by atoms with E-state index in [-0.39, 0.29) is 0 Å². The molecule has 0 bridgehead atoms. The number of aryl methyl sites for hydroxylation is 1. The van der Waals surface area contributed by atoms with Gasteiger partial charge in [0.1, 0.15) is 0 Å². The van der Waals surface area contributed by atoms with Crippen LogP contribution in [-0.4, -0.2) is 21.3 Å².